The molecule has 0 spiro atoms. The smallest absolute Gasteiger partial charge is 0.174 e. The van der Waals surface area contributed by atoms with Crippen LogP contribution in [0.3, 0.4) is 0 Å². The van der Waals surface area contributed by atoms with Crippen molar-refractivity contribution in [2.75, 3.05) is 7.11 Å². The first kappa shape index (κ1) is 21.7. The van der Waals surface area contributed by atoms with Gasteiger partial charge in [0.2, 0.25) is 0 Å². The Morgan fingerprint density at radius 2 is 1.77 bits per heavy atom. The zero-order chi connectivity index (χ0) is 21.8. The van der Waals surface area contributed by atoms with E-state index in [-0.39, 0.29) is 40.6 Å². The highest BCUT2D eigenvalue weighted by molar-refractivity contribution is 6.03. The van der Waals surface area contributed by atoms with Crippen molar-refractivity contribution in [2.24, 2.45) is 11.8 Å². The molecule has 1 aliphatic rings. The summed E-state index contributed by atoms with van der Waals surface area (Å²) in [5, 5.41) is 20.9. The number of hydrogen-bond donors (Lipinski definition) is 2. The van der Waals surface area contributed by atoms with Gasteiger partial charge < -0.3 is 14.9 Å². The number of hydrogen-bond acceptors (Lipinski definition) is 4. The molecule has 0 saturated carbocycles. The summed E-state index contributed by atoms with van der Waals surface area (Å²) in [6.07, 6.45) is 5.76. The van der Waals surface area contributed by atoms with Crippen molar-refractivity contribution >= 4 is 5.78 Å². The first-order valence-electron chi connectivity index (χ1n) is 10.3. The molecule has 158 valence electrons. The van der Waals surface area contributed by atoms with Crippen LogP contribution >= 0.6 is 0 Å². The molecule has 30 heavy (non-hydrogen) atoms. The Hall–Kier alpha value is -3.01. The minimum Gasteiger partial charge on any atom is -0.507 e. The lowest BCUT2D eigenvalue weighted by atomic mass is 9.65. The number of ketones is 1. The van der Waals surface area contributed by atoms with Gasteiger partial charge in [-0.05, 0) is 45.1 Å². The fraction of sp³-hybridized carbons (Fsp3) is 0.346. The number of methoxy groups -OCH3 is 1. The van der Waals surface area contributed by atoms with E-state index < -0.39 is 0 Å². The third-order valence-corrected chi connectivity index (χ3v) is 6.00. The first-order chi connectivity index (χ1) is 14.3. The van der Waals surface area contributed by atoms with E-state index in [4.69, 9.17) is 4.74 Å². The lowest BCUT2D eigenvalue weighted by molar-refractivity contribution is 0.0872. The van der Waals surface area contributed by atoms with Gasteiger partial charge in [0, 0.05) is 24.0 Å². The molecule has 0 heterocycles. The molecule has 0 bridgehead atoms. The second-order valence-corrected chi connectivity index (χ2v) is 8.26. The molecule has 3 atom stereocenters. The predicted molar refractivity (Wildman–Crippen MR) is 119 cm³/mol. The molecule has 0 saturated heterocycles. The van der Waals surface area contributed by atoms with E-state index in [1.807, 2.05) is 18.2 Å². The van der Waals surface area contributed by atoms with Crippen molar-refractivity contribution in [3.05, 3.63) is 76.9 Å². The second kappa shape index (κ2) is 9.21. The number of carbonyl (C=O) groups is 1. The van der Waals surface area contributed by atoms with Crippen LogP contribution in [0.4, 0.5) is 0 Å². The van der Waals surface area contributed by atoms with Crippen molar-refractivity contribution in [2.45, 2.75) is 39.5 Å². The standard InChI is InChI=1S/C26H30O4/c1-16(2)10-12-20-17(3)11-13-21(24(20)18-8-6-5-7-9-18)26(29)25-22(27)14-19(30-4)15-23(25)28/h5-11,14-15,20-21,24,27-28H,12-13H2,1-4H3/t20-,21+,24+/m0/s1. The molecule has 0 fully saturated rings. The van der Waals surface area contributed by atoms with Gasteiger partial charge in [-0.1, -0.05) is 53.6 Å². The number of phenols is 2. The maximum atomic E-state index is 13.6. The topological polar surface area (TPSA) is 66.8 Å². The normalized spacial score (nSPS) is 20.9. The summed E-state index contributed by atoms with van der Waals surface area (Å²) >= 11 is 0. The summed E-state index contributed by atoms with van der Waals surface area (Å²) in [5.41, 5.74) is 3.58. The summed E-state index contributed by atoms with van der Waals surface area (Å²) in [5.74, 6) is -0.689. The Morgan fingerprint density at radius 1 is 1.13 bits per heavy atom. The van der Waals surface area contributed by atoms with Crippen LogP contribution in [0.1, 0.15) is 55.5 Å². The number of rotatable bonds is 6. The predicted octanol–water partition coefficient (Wildman–Crippen LogP) is 6.01. The number of Topliss-reactive ketones (excluding diaryl/α,β-unsaturated/α-hetero) is 1. The molecule has 3 rings (SSSR count). The van der Waals surface area contributed by atoms with Gasteiger partial charge in [0.05, 0.1) is 7.11 Å². The van der Waals surface area contributed by atoms with Crippen molar-refractivity contribution in [1.82, 2.24) is 0 Å². The first-order valence-corrected chi connectivity index (χ1v) is 10.3. The number of benzene rings is 2. The van der Waals surface area contributed by atoms with Gasteiger partial charge in [0.15, 0.2) is 5.78 Å². The van der Waals surface area contributed by atoms with E-state index in [0.717, 1.165) is 12.0 Å². The third-order valence-electron chi connectivity index (χ3n) is 6.00. The molecule has 0 amide bonds. The lowest BCUT2D eigenvalue weighted by Gasteiger charge is -2.37. The van der Waals surface area contributed by atoms with Crippen molar-refractivity contribution < 1.29 is 19.7 Å². The molecule has 2 N–H and O–H groups in total. The number of phenolic OH excluding ortho intramolecular Hbond substituents is 2. The molecule has 2 aromatic rings. The molecule has 4 heteroatoms. The van der Waals surface area contributed by atoms with Crippen molar-refractivity contribution in [3.8, 4) is 17.2 Å². The average Bonchev–Trinajstić information content (AvgIpc) is 2.72. The largest absolute Gasteiger partial charge is 0.507 e. The van der Waals surface area contributed by atoms with Crippen LogP contribution in [-0.2, 0) is 0 Å². The molecule has 1 aliphatic carbocycles. The van der Waals surface area contributed by atoms with Crippen LogP contribution in [0.2, 0.25) is 0 Å². The van der Waals surface area contributed by atoms with Crippen LogP contribution in [0.25, 0.3) is 0 Å². The minimum atomic E-state index is -0.378. The van der Waals surface area contributed by atoms with E-state index in [1.165, 1.54) is 30.4 Å². The maximum absolute atomic E-state index is 13.6. The lowest BCUT2D eigenvalue weighted by Crippen LogP contribution is -2.31. The molecule has 0 radical (unpaired) electrons. The summed E-state index contributed by atoms with van der Waals surface area (Å²) < 4.78 is 5.08. The zero-order valence-corrected chi connectivity index (χ0v) is 18.1. The number of carbonyl (C=O) groups excluding carboxylic acids is 1. The van der Waals surface area contributed by atoms with Gasteiger partial charge in [-0.3, -0.25) is 4.79 Å². The van der Waals surface area contributed by atoms with Gasteiger partial charge in [0.1, 0.15) is 22.8 Å². The van der Waals surface area contributed by atoms with Crippen LogP contribution < -0.4 is 4.74 Å². The van der Waals surface area contributed by atoms with Crippen LogP contribution in [-0.4, -0.2) is 23.1 Å². The molecular formula is C26H30O4. The molecular weight excluding hydrogens is 376 g/mol. The average molecular weight is 407 g/mol. The number of ether oxygens (including phenoxy) is 1. The van der Waals surface area contributed by atoms with E-state index in [0.29, 0.717) is 12.2 Å². The fourth-order valence-corrected chi connectivity index (χ4v) is 4.42. The molecule has 0 unspecified atom stereocenters. The van der Waals surface area contributed by atoms with Gasteiger partial charge >= 0.3 is 0 Å². The summed E-state index contributed by atoms with van der Waals surface area (Å²) in [6.45, 7) is 6.29. The maximum Gasteiger partial charge on any atom is 0.174 e. The molecule has 0 aromatic heterocycles. The van der Waals surface area contributed by atoms with Gasteiger partial charge in [-0.15, -0.1) is 0 Å². The molecule has 2 aromatic carbocycles. The Labute approximate surface area is 178 Å². The highest BCUT2D eigenvalue weighted by Gasteiger charge is 2.39. The van der Waals surface area contributed by atoms with E-state index in [9.17, 15) is 15.0 Å². The van der Waals surface area contributed by atoms with Crippen molar-refractivity contribution in [3.63, 3.8) is 0 Å². The Bertz CT molecular complexity index is 945. The Kier molecular flexibility index (Phi) is 6.66. The Balaban J connectivity index is 2.08. The van der Waals surface area contributed by atoms with E-state index in [1.54, 1.807) is 0 Å². The highest BCUT2D eigenvalue weighted by Crippen LogP contribution is 2.47. The molecule has 4 nitrogen and oxygen atoms in total. The van der Waals surface area contributed by atoms with E-state index >= 15 is 0 Å². The zero-order valence-electron chi connectivity index (χ0n) is 18.1. The number of allylic oxidation sites excluding steroid dienone is 4. The van der Waals surface area contributed by atoms with Gasteiger partial charge in [-0.2, -0.15) is 0 Å². The van der Waals surface area contributed by atoms with Crippen LogP contribution in [0.5, 0.6) is 17.2 Å². The Morgan fingerprint density at radius 3 is 2.33 bits per heavy atom. The SMILES string of the molecule is COc1cc(O)c(C(=O)[C@@H]2CC=C(C)[C@H](CC=C(C)C)[C@H]2c2ccccc2)c(O)c1. The van der Waals surface area contributed by atoms with E-state index in [2.05, 4.69) is 45.1 Å². The monoisotopic (exact) mass is 406 g/mol. The number of aromatic hydroxyl groups is 2. The third kappa shape index (κ3) is 4.43. The minimum absolute atomic E-state index is 0.0318. The molecule has 0 aliphatic heterocycles. The fourth-order valence-electron chi connectivity index (χ4n) is 4.42. The second-order valence-electron chi connectivity index (χ2n) is 8.26. The van der Waals surface area contributed by atoms with Crippen LogP contribution in [0, 0.1) is 11.8 Å². The summed E-state index contributed by atoms with van der Waals surface area (Å²) in [6, 6.07) is 12.8. The highest BCUT2D eigenvalue weighted by atomic mass is 16.5. The summed E-state index contributed by atoms with van der Waals surface area (Å²) in [7, 11) is 1.45. The summed E-state index contributed by atoms with van der Waals surface area (Å²) in [4.78, 5) is 13.6. The van der Waals surface area contributed by atoms with Gasteiger partial charge in [-0.25, -0.2) is 0 Å². The van der Waals surface area contributed by atoms with Crippen molar-refractivity contribution in [1.29, 1.82) is 0 Å². The van der Waals surface area contributed by atoms with Crippen LogP contribution in [0.15, 0.2) is 65.8 Å². The quantitative estimate of drug-likeness (QED) is 0.455. The van der Waals surface area contributed by atoms with Gasteiger partial charge in [0.25, 0.3) is 0 Å².